The van der Waals surface area contributed by atoms with Crippen molar-refractivity contribution in [3.05, 3.63) is 52.7 Å². The van der Waals surface area contributed by atoms with E-state index in [1.807, 2.05) is 6.92 Å². The van der Waals surface area contributed by atoms with Crippen LogP contribution >= 0.6 is 0 Å². The molecule has 2 N–H and O–H groups in total. The Morgan fingerprint density at radius 1 is 1.10 bits per heavy atom. The zero-order chi connectivity index (χ0) is 14.7. The van der Waals surface area contributed by atoms with Gasteiger partial charge in [-0.25, -0.2) is 0 Å². The standard InChI is InChI=1S/C14H15N3O3/c1-8-4-5-11(7-15-8)13(18)16-17-14(19)12-6-9(2)20-10(12)3/h4-7H,1-3H3,(H,16,18)(H,17,19). The predicted molar refractivity (Wildman–Crippen MR) is 72.1 cm³/mol. The number of hydrogen-bond donors (Lipinski definition) is 2. The van der Waals surface area contributed by atoms with Crippen molar-refractivity contribution < 1.29 is 14.0 Å². The Labute approximate surface area is 116 Å². The summed E-state index contributed by atoms with van der Waals surface area (Å²) in [5, 5.41) is 0. The minimum Gasteiger partial charge on any atom is -0.466 e. The van der Waals surface area contributed by atoms with Crippen LogP contribution in [0.3, 0.4) is 0 Å². The molecule has 2 aromatic rings. The van der Waals surface area contributed by atoms with Crippen LogP contribution in [0.5, 0.6) is 0 Å². The van der Waals surface area contributed by atoms with Gasteiger partial charge in [-0.15, -0.1) is 0 Å². The molecule has 0 spiro atoms. The smallest absolute Gasteiger partial charge is 0.273 e. The molecule has 0 saturated heterocycles. The first-order valence-electron chi connectivity index (χ1n) is 6.08. The number of hydrazine groups is 1. The number of aryl methyl sites for hydroxylation is 3. The van der Waals surface area contributed by atoms with Crippen LogP contribution in [0.2, 0.25) is 0 Å². The van der Waals surface area contributed by atoms with Crippen LogP contribution in [0, 0.1) is 20.8 Å². The zero-order valence-electron chi connectivity index (χ0n) is 11.5. The van der Waals surface area contributed by atoms with Crippen molar-refractivity contribution in [1.29, 1.82) is 0 Å². The molecule has 20 heavy (non-hydrogen) atoms. The second-order valence-corrected chi connectivity index (χ2v) is 4.42. The van der Waals surface area contributed by atoms with Gasteiger partial charge >= 0.3 is 0 Å². The Bertz CT molecular complexity index is 644. The number of aromatic nitrogens is 1. The van der Waals surface area contributed by atoms with E-state index < -0.39 is 11.8 Å². The van der Waals surface area contributed by atoms with E-state index in [2.05, 4.69) is 15.8 Å². The van der Waals surface area contributed by atoms with Crippen molar-refractivity contribution in [2.75, 3.05) is 0 Å². The molecule has 0 fully saturated rings. The molecule has 0 aliphatic carbocycles. The summed E-state index contributed by atoms with van der Waals surface area (Å²) in [6.07, 6.45) is 1.45. The van der Waals surface area contributed by atoms with Crippen molar-refractivity contribution in [3.63, 3.8) is 0 Å². The fraction of sp³-hybridized carbons (Fsp3) is 0.214. The highest BCUT2D eigenvalue weighted by Gasteiger charge is 2.14. The van der Waals surface area contributed by atoms with Crippen molar-refractivity contribution in [1.82, 2.24) is 15.8 Å². The molecular weight excluding hydrogens is 258 g/mol. The maximum absolute atomic E-state index is 11.9. The highest BCUT2D eigenvalue weighted by atomic mass is 16.3. The monoisotopic (exact) mass is 273 g/mol. The van der Waals surface area contributed by atoms with Gasteiger partial charge in [-0.3, -0.25) is 25.4 Å². The summed E-state index contributed by atoms with van der Waals surface area (Å²) in [4.78, 5) is 27.7. The molecule has 0 atom stereocenters. The van der Waals surface area contributed by atoms with Crippen LogP contribution < -0.4 is 10.9 Å². The van der Waals surface area contributed by atoms with Crippen molar-refractivity contribution >= 4 is 11.8 Å². The van der Waals surface area contributed by atoms with Crippen LogP contribution in [0.1, 0.15) is 37.9 Å². The normalized spacial score (nSPS) is 10.2. The average molecular weight is 273 g/mol. The van der Waals surface area contributed by atoms with E-state index in [0.29, 0.717) is 22.6 Å². The first kappa shape index (κ1) is 13.8. The van der Waals surface area contributed by atoms with Crippen LogP contribution in [0.25, 0.3) is 0 Å². The van der Waals surface area contributed by atoms with Gasteiger partial charge in [0.15, 0.2) is 0 Å². The molecule has 2 rings (SSSR count). The average Bonchev–Trinajstić information content (AvgIpc) is 2.75. The molecule has 0 saturated carbocycles. The number of amides is 2. The minimum absolute atomic E-state index is 0.371. The predicted octanol–water partition coefficient (Wildman–Crippen LogP) is 1.67. The largest absolute Gasteiger partial charge is 0.466 e. The quantitative estimate of drug-likeness (QED) is 0.815. The lowest BCUT2D eigenvalue weighted by molar-refractivity contribution is 0.0845. The van der Waals surface area contributed by atoms with E-state index in [0.717, 1.165) is 5.69 Å². The Morgan fingerprint density at radius 2 is 1.80 bits per heavy atom. The Balaban J connectivity index is 1.98. The number of carbonyl (C=O) groups excluding carboxylic acids is 2. The third kappa shape index (κ3) is 3.03. The van der Waals surface area contributed by atoms with Crippen molar-refractivity contribution in [2.24, 2.45) is 0 Å². The lowest BCUT2D eigenvalue weighted by Gasteiger charge is -2.06. The van der Waals surface area contributed by atoms with Crippen LogP contribution in [0.15, 0.2) is 28.8 Å². The fourth-order valence-electron chi connectivity index (χ4n) is 1.71. The second-order valence-electron chi connectivity index (χ2n) is 4.42. The first-order chi connectivity index (χ1) is 9.47. The summed E-state index contributed by atoms with van der Waals surface area (Å²) in [5.74, 6) is 0.296. The first-order valence-corrected chi connectivity index (χ1v) is 6.08. The van der Waals surface area contributed by atoms with Gasteiger partial charge in [0.2, 0.25) is 0 Å². The Hall–Kier alpha value is -2.63. The number of nitrogens with zero attached hydrogens (tertiary/aromatic N) is 1. The van der Waals surface area contributed by atoms with Gasteiger partial charge in [-0.1, -0.05) is 0 Å². The minimum atomic E-state index is -0.427. The Kier molecular flexibility index (Phi) is 3.84. The summed E-state index contributed by atoms with van der Waals surface area (Å²) in [6, 6.07) is 4.97. The van der Waals surface area contributed by atoms with E-state index in [-0.39, 0.29) is 0 Å². The number of rotatable bonds is 2. The van der Waals surface area contributed by atoms with Gasteiger partial charge in [0.1, 0.15) is 11.5 Å². The van der Waals surface area contributed by atoms with Crippen LogP contribution in [-0.2, 0) is 0 Å². The van der Waals surface area contributed by atoms with E-state index in [1.165, 1.54) is 6.20 Å². The molecule has 2 heterocycles. The molecule has 0 aromatic carbocycles. The maximum Gasteiger partial charge on any atom is 0.273 e. The zero-order valence-corrected chi connectivity index (χ0v) is 11.5. The van der Waals surface area contributed by atoms with Crippen LogP contribution in [0.4, 0.5) is 0 Å². The summed E-state index contributed by atoms with van der Waals surface area (Å²) >= 11 is 0. The number of nitrogens with one attached hydrogen (secondary N) is 2. The lowest BCUT2D eigenvalue weighted by atomic mass is 10.2. The number of furan rings is 1. The second kappa shape index (κ2) is 5.56. The SMILES string of the molecule is Cc1ccc(C(=O)NNC(=O)c2cc(C)oc2C)cn1. The fourth-order valence-corrected chi connectivity index (χ4v) is 1.71. The maximum atomic E-state index is 11.9. The third-order valence-corrected chi connectivity index (χ3v) is 2.75. The van der Waals surface area contributed by atoms with E-state index in [1.54, 1.807) is 32.0 Å². The number of hydrogen-bond acceptors (Lipinski definition) is 4. The summed E-state index contributed by atoms with van der Waals surface area (Å²) in [6.45, 7) is 5.27. The summed E-state index contributed by atoms with van der Waals surface area (Å²) in [5.41, 5.74) is 6.25. The lowest BCUT2D eigenvalue weighted by Crippen LogP contribution is -2.41. The molecule has 104 valence electrons. The van der Waals surface area contributed by atoms with E-state index >= 15 is 0 Å². The highest BCUT2D eigenvalue weighted by Crippen LogP contribution is 2.12. The van der Waals surface area contributed by atoms with Gasteiger partial charge in [-0.05, 0) is 39.0 Å². The topological polar surface area (TPSA) is 84.2 Å². The molecule has 2 amide bonds. The van der Waals surface area contributed by atoms with E-state index in [9.17, 15) is 9.59 Å². The summed E-state index contributed by atoms with van der Waals surface area (Å²) in [7, 11) is 0. The van der Waals surface area contributed by atoms with E-state index in [4.69, 9.17) is 4.42 Å². The molecule has 6 nitrogen and oxygen atoms in total. The number of pyridine rings is 1. The molecule has 0 aliphatic rings. The van der Waals surface area contributed by atoms with Gasteiger partial charge < -0.3 is 4.42 Å². The van der Waals surface area contributed by atoms with Crippen molar-refractivity contribution in [3.8, 4) is 0 Å². The van der Waals surface area contributed by atoms with Gasteiger partial charge in [0, 0.05) is 11.9 Å². The van der Waals surface area contributed by atoms with Gasteiger partial charge in [0.25, 0.3) is 11.8 Å². The molecule has 6 heteroatoms. The molecule has 0 unspecified atom stereocenters. The molecule has 0 aliphatic heterocycles. The highest BCUT2D eigenvalue weighted by molar-refractivity contribution is 5.99. The van der Waals surface area contributed by atoms with Crippen LogP contribution in [-0.4, -0.2) is 16.8 Å². The molecular formula is C14H15N3O3. The van der Waals surface area contributed by atoms with Gasteiger partial charge in [-0.2, -0.15) is 0 Å². The van der Waals surface area contributed by atoms with Crippen molar-refractivity contribution in [2.45, 2.75) is 20.8 Å². The molecule has 0 radical (unpaired) electrons. The van der Waals surface area contributed by atoms with Gasteiger partial charge in [0.05, 0.1) is 11.1 Å². The third-order valence-electron chi connectivity index (χ3n) is 2.75. The molecule has 2 aromatic heterocycles. The number of carbonyl (C=O) groups is 2. The Morgan fingerprint density at radius 3 is 2.35 bits per heavy atom. The molecule has 0 bridgehead atoms. The summed E-state index contributed by atoms with van der Waals surface area (Å²) < 4.78 is 5.26.